The summed E-state index contributed by atoms with van der Waals surface area (Å²) in [6.45, 7) is 5.50. The van der Waals surface area contributed by atoms with Crippen LogP contribution in [0.3, 0.4) is 0 Å². The van der Waals surface area contributed by atoms with Crippen LogP contribution in [0.15, 0.2) is 30.3 Å². The first-order chi connectivity index (χ1) is 13.2. The van der Waals surface area contributed by atoms with Crippen molar-refractivity contribution in [3.05, 3.63) is 35.9 Å². The first-order valence-electron chi connectivity index (χ1n) is 10.1. The number of rotatable bonds is 7. The molecule has 1 N–H and O–H groups in total. The molecule has 2 amide bonds. The zero-order valence-electron chi connectivity index (χ0n) is 16.1. The second-order valence-electron chi connectivity index (χ2n) is 7.43. The van der Waals surface area contributed by atoms with Gasteiger partial charge in [-0.1, -0.05) is 30.3 Å². The molecule has 0 bridgehead atoms. The van der Waals surface area contributed by atoms with Gasteiger partial charge in [0.15, 0.2) is 0 Å². The maximum Gasteiger partial charge on any atom is 0.234 e. The average Bonchev–Trinajstić information content (AvgIpc) is 2.73. The van der Waals surface area contributed by atoms with Gasteiger partial charge >= 0.3 is 0 Å². The van der Waals surface area contributed by atoms with Crippen molar-refractivity contribution in [3.63, 3.8) is 0 Å². The monoisotopic (exact) mass is 373 g/mol. The number of carbonyl (C=O) groups excluding carboxylic acids is 2. The predicted octanol–water partition coefficient (Wildman–Crippen LogP) is 1.31. The highest BCUT2D eigenvalue weighted by Crippen LogP contribution is 2.20. The van der Waals surface area contributed by atoms with E-state index in [1.807, 2.05) is 23.1 Å². The summed E-state index contributed by atoms with van der Waals surface area (Å²) >= 11 is 0. The van der Waals surface area contributed by atoms with E-state index in [-0.39, 0.29) is 17.7 Å². The van der Waals surface area contributed by atoms with Crippen LogP contribution in [-0.2, 0) is 20.7 Å². The van der Waals surface area contributed by atoms with Gasteiger partial charge in [0.2, 0.25) is 11.8 Å². The zero-order valence-corrected chi connectivity index (χ0v) is 16.1. The molecule has 0 unspecified atom stereocenters. The number of nitrogens with one attached hydrogen (secondary N) is 1. The summed E-state index contributed by atoms with van der Waals surface area (Å²) in [5.74, 6) is 0.456. The van der Waals surface area contributed by atoms with Crippen molar-refractivity contribution >= 4 is 11.8 Å². The molecule has 3 rings (SSSR count). The largest absolute Gasteiger partial charge is 0.378 e. The molecule has 0 aromatic heterocycles. The lowest BCUT2D eigenvalue weighted by atomic mass is 9.95. The van der Waals surface area contributed by atoms with Crippen LogP contribution in [0.25, 0.3) is 0 Å². The Hall–Kier alpha value is -1.92. The minimum atomic E-state index is 0.0843. The van der Waals surface area contributed by atoms with Crippen molar-refractivity contribution in [1.82, 2.24) is 15.1 Å². The summed E-state index contributed by atoms with van der Waals surface area (Å²) in [5, 5.41) is 3.02. The summed E-state index contributed by atoms with van der Waals surface area (Å²) in [5.41, 5.74) is 1.30. The molecule has 2 heterocycles. The SMILES string of the molecule is O=C(CN1CCC(C(=O)N2CCOCC2)CC1)NCCCc1ccccc1. The number of morpholine rings is 1. The van der Waals surface area contributed by atoms with Crippen molar-refractivity contribution in [2.45, 2.75) is 25.7 Å². The van der Waals surface area contributed by atoms with E-state index in [0.717, 1.165) is 38.8 Å². The van der Waals surface area contributed by atoms with Crippen molar-refractivity contribution in [2.24, 2.45) is 5.92 Å². The molecule has 27 heavy (non-hydrogen) atoms. The Labute approximate surface area is 161 Å². The molecule has 0 atom stereocenters. The van der Waals surface area contributed by atoms with Crippen molar-refractivity contribution in [3.8, 4) is 0 Å². The van der Waals surface area contributed by atoms with Crippen molar-refractivity contribution in [2.75, 3.05) is 52.5 Å². The van der Waals surface area contributed by atoms with Gasteiger partial charge in [-0.15, -0.1) is 0 Å². The summed E-state index contributed by atoms with van der Waals surface area (Å²) in [4.78, 5) is 28.8. The van der Waals surface area contributed by atoms with E-state index in [4.69, 9.17) is 4.74 Å². The van der Waals surface area contributed by atoms with E-state index in [0.29, 0.717) is 39.4 Å². The van der Waals surface area contributed by atoms with Crippen molar-refractivity contribution < 1.29 is 14.3 Å². The number of aryl methyl sites for hydroxylation is 1. The minimum Gasteiger partial charge on any atom is -0.378 e. The first-order valence-corrected chi connectivity index (χ1v) is 10.1. The molecule has 1 aromatic rings. The molecular formula is C21H31N3O3. The normalized spacial score (nSPS) is 19.0. The van der Waals surface area contributed by atoms with Crippen LogP contribution in [0.2, 0.25) is 0 Å². The highest BCUT2D eigenvalue weighted by Gasteiger charge is 2.29. The Bertz CT molecular complexity index is 594. The third kappa shape index (κ3) is 6.33. The van der Waals surface area contributed by atoms with Crippen LogP contribution in [0.4, 0.5) is 0 Å². The highest BCUT2D eigenvalue weighted by atomic mass is 16.5. The molecule has 2 fully saturated rings. The third-order valence-corrected chi connectivity index (χ3v) is 5.43. The average molecular weight is 373 g/mol. The van der Waals surface area contributed by atoms with Crippen molar-refractivity contribution in [1.29, 1.82) is 0 Å². The topological polar surface area (TPSA) is 61.9 Å². The number of carbonyl (C=O) groups is 2. The number of hydrogen-bond acceptors (Lipinski definition) is 4. The number of likely N-dealkylation sites (tertiary alicyclic amines) is 1. The fraction of sp³-hybridized carbons (Fsp3) is 0.619. The Kier molecular flexibility index (Phi) is 7.66. The molecular weight excluding hydrogens is 342 g/mol. The van der Waals surface area contributed by atoms with Crippen LogP contribution in [-0.4, -0.2) is 74.1 Å². The second kappa shape index (κ2) is 10.4. The minimum absolute atomic E-state index is 0.0843. The van der Waals surface area contributed by atoms with Gasteiger partial charge in [-0.3, -0.25) is 14.5 Å². The highest BCUT2D eigenvalue weighted by molar-refractivity contribution is 5.79. The standard InChI is InChI=1S/C21H31N3O3/c25-20(22-10-4-7-18-5-2-1-3-6-18)17-23-11-8-19(9-12-23)21(26)24-13-15-27-16-14-24/h1-3,5-6,19H,4,7-17H2,(H,22,25). The molecule has 6 heteroatoms. The predicted molar refractivity (Wildman–Crippen MR) is 104 cm³/mol. The van der Waals surface area contributed by atoms with E-state index >= 15 is 0 Å². The summed E-state index contributed by atoms with van der Waals surface area (Å²) in [7, 11) is 0. The maximum atomic E-state index is 12.5. The van der Waals surface area contributed by atoms with Gasteiger partial charge in [0.1, 0.15) is 0 Å². The lowest BCUT2D eigenvalue weighted by Gasteiger charge is -2.35. The number of nitrogens with zero attached hydrogens (tertiary/aromatic N) is 2. The fourth-order valence-electron chi connectivity index (χ4n) is 3.80. The summed E-state index contributed by atoms with van der Waals surface area (Å²) in [6, 6.07) is 10.3. The van der Waals surface area contributed by atoms with Crippen LogP contribution < -0.4 is 5.32 Å². The Morgan fingerprint density at radius 2 is 1.74 bits per heavy atom. The number of benzene rings is 1. The fourth-order valence-corrected chi connectivity index (χ4v) is 3.80. The Morgan fingerprint density at radius 1 is 1.04 bits per heavy atom. The molecule has 2 aliphatic heterocycles. The summed E-state index contributed by atoms with van der Waals surface area (Å²) < 4.78 is 5.32. The van der Waals surface area contributed by atoms with Gasteiger partial charge < -0.3 is 15.0 Å². The molecule has 6 nitrogen and oxygen atoms in total. The molecule has 1 aromatic carbocycles. The maximum absolute atomic E-state index is 12.5. The van der Waals surface area contributed by atoms with Crippen LogP contribution >= 0.6 is 0 Å². The molecule has 2 aliphatic rings. The number of amides is 2. The number of piperidine rings is 1. The molecule has 0 aliphatic carbocycles. The number of ether oxygens (including phenoxy) is 1. The Morgan fingerprint density at radius 3 is 2.44 bits per heavy atom. The Balaban J connectivity index is 1.29. The third-order valence-electron chi connectivity index (χ3n) is 5.43. The quantitative estimate of drug-likeness (QED) is 0.732. The molecule has 0 radical (unpaired) electrons. The van der Waals surface area contributed by atoms with E-state index in [9.17, 15) is 9.59 Å². The lowest BCUT2D eigenvalue weighted by Crippen LogP contribution is -2.48. The van der Waals surface area contributed by atoms with Gasteiger partial charge in [0.05, 0.1) is 19.8 Å². The van der Waals surface area contributed by atoms with E-state index in [2.05, 4.69) is 22.3 Å². The van der Waals surface area contributed by atoms with Crippen LogP contribution in [0, 0.1) is 5.92 Å². The smallest absolute Gasteiger partial charge is 0.234 e. The van der Waals surface area contributed by atoms with Crippen LogP contribution in [0.1, 0.15) is 24.8 Å². The number of hydrogen-bond donors (Lipinski definition) is 1. The van der Waals surface area contributed by atoms with Gasteiger partial charge in [-0.2, -0.15) is 0 Å². The molecule has 0 saturated carbocycles. The van der Waals surface area contributed by atoms with Gasteiger partial charge in [-0.25, -0.2) is 0 Å². The molecule has 2 saturated heterocycles. The summed E-state index contributed by atoms with van der Waals surface area (Å²) in [6.07, 6.45) is 3.62. The van der Waals surface area contributed by atoms with Gasteiger partial charge in [-0.05, 0) is 44.3 Å². The lowest BCUT2D eigenvalue weighted by molar-refractivity contribution is -0.141. The van der Waals surface area contributed by atoms with Gasteiger partial charge in [0.25, 0.3) is 0 Å². The van der Waals surface area contributed by atoms with E-state index < -0.39 is 0 Å². The zero-order chi connectivity index (χ0) is 18.9. The first kappa shape index (κ1) is 19.8. The second-order valence-corrected chi connectivity index (χ2v) is 7.43. The molecule has 148 valence electrons. The van der Waals surface area contributed by atoms with Gasteiger partial charge in [0, 0.05) is 25.6 Å². The molecule has 0 spiro atoms. The van der Waals surface area contributed by atoms with Crippen LogP contribution in [0.5, 0.6) is 0 Å². The van der Waals surface area contributed by atoms with E-state index in [1.54, 1.807) is 0 Å². The van der Waals surface area contributed by atoms with E-state index in [1.165, 1.54) is 5.56 Å².